The van der Waals surface area contributed by atoms with Gasteiger partial charge in [-0.15, -0.1) is 0 Å². The van der Waals surface area contributed by atoms with Crippen LogP contribution in [0.15, 0.2) is 54.6 Å². The molecule has 4 heteroatoms. The Kier molecular flexibility index (Phi) is 7.59. The van der Waals surface area contributed by atoms with Crippen LogP contribution < -0.4 is 5.32 Å². The number of nitrogens with one attached hydrogen (secondary N) is 1. The Morgan fingerprint density at radius 3 is 2.04 bits per heavy atom. The Morgan fingerprint density at radius 1 is 0.926 bits per heavy atom. The molecule has 144 valence electrons. The van der Waals surface area contributed by atoms with Crippen LogP contribution in [0.4, 0.5) is 5.69 Å². The molecule has 27 heavy (non-hydrogen) atoms. The summed E-state index contributed by atoms with van der Waals surface area (Å²) in [7, 11) is 0. The first-order valence-corrected chi connectivity index (χ1v) is 9.76. The maximum atomic E-state index is 12.9. The van der Waals surface area contributed by atoms with E-state index in [-0.39, 0.29) is 23.7 Å². The average Bonchev–Trinajstić information content (AvgIpc) is 2.70. The van der Waals surface area contributed by atoms with Crippen molar-refractivity contribution < 1.29 is 9.59 Å². The van der Waals surface area contributed by atoms with Crippen LogP contribution >= 0.6 is 0 Å². The minimum absolute atomic E-state index is 0.0136. The fourth-order valence-corrected chi connectivity index (χ4v) is 3.24. The number of hydrogen-bond donors (Lipinski definition) is 1. The highest BCUT2D eigenvalue weighted by atomic mass is 16.2. The molecule has 0 aliphatic rings. The lowest BCUT2D eigenvalue weighted by atomic mass is 9.85. The van der Waals surface area contributed by atoms with Gasteiger partial charge >= 0.3 is 0 Å². The van der Waals surface area contributed by atoms with E-state index >= 15 is 0 Å². The van der Waals surface area contributed by atoms with E-state index in [1.165, 1.54) is 0 Å². The van der Waals surface area contributed by atoms with Crippen molar-refractivity contribution in [2.24, 2.45) is 5.92 Å². The molecule has 0 bridgehead atoms. The number of rotatable bonds is 8. The predicted octanol–water partition coefficient (Wildman–Crippen LogP) is 4.94. The van der Waals surface area contributed by atoms with Crippen molar-refractivity contribution in [2.75, 3.05) is 18.4 Å². The van der Waals surface area contributed by atoms with Crippen LogP contribution in [0.2, 0.25) is 0 Å². The molecule has 2 aromatic carbocycles. The second-order valence-corrected chi connectivity index (χ2v) is 6.82. The van der Waals surface area contributed by atoms with Crippen molar-refractivity contribution in [3.8, 4) is 0 Å². The highest BCUT2D eigenvalue weighted by molar-refractivity contribution is 5.97. The number of carbonyl (C=O) groups is 2. The predicted molar refractivity (Wildman–Crippen MR) is 111 cm³/mol. The fourth-order valence-electron chi connectivity index (χ4n) is 3.24. The van der Waals surface area contributed by atoms with Crippen molar-refractivity contribution in [1.29, 1.82) is 0 Å². The fraction of sp³-hybridized carbons (Fsp3) is 0.391. The largest absolute Gasteiger partial charge is 0.339 e. The molecule has 0 heterocycles. The smallest absolute Gasteiger partial charge is 0.253 e. The molecule has 1 N–H and O–H groups in total. The zero-order chi connectivity index (χ0) is 19.8. The summed E-state index contributed by atoms with van der Waals surface area (Å²) in [4.78, 5) is 27.1. The monoisotopic (exact) mass is 366 g/mol. The van der Waals surface area contributed by atoms with Gasteiger partial charge in [0.15, 0.2) is 0 Å². The maximum absolute atomic E-state index is 12.9. The summed E-state index contributed by atoms with van der Waals surface area (Å²) >= 11 is 0. The molecule has 2 amide bonds. The lowest BCUT2D eigenvalue weighted by Gasteiger charge is -2.23. The first-order chi connectivity index (χ1) is 13.0. The molecule has 0 saturated heterocycles. The van der Waals surface area contributed by atoms with Gasteiger partial charge in [-0.3, -0.25) is 9.59 Å². The van der Waals surface area contributed by atoms with Gasteiger partial charge in [-0.1, -0.05) is 50.6 Å². The van der Waals surface area contributed by atoms with E-state index in [1.54, 1.807) is 29.2 Å². The molecule has 0 aromatic heterocycles. The average molecular weight is 367 g/mol. The second-order valence-electron chi connectivity index (χ2n) is 6.82. The molecule has 0 fully saturated rings. The highest BCUT2D eigenvalue weighted by Gasteiger charge is 2.25. The minimum atomic E-state index is -0.201. The molecule has 2 atom stereocenters. The van der Waals surface area contributed by atoms with E-state index in [0.717, 1.165) is 12.0 Å². The van der Waals surface area contributed by atoms with Gasteiger partial charge in [0.1, 0.15) is 0 Å². The van der Waals surface area contributed by atoms with Gasteiger partial charge in [0.2, 0.25) is 5.91 Å². The molecular weight excluding hydrogens is 336 g/mol. The van der Waals surface area contributed by atoms with E-state index in [4.69, 9.17) is 0 Å². The van der Waals surface area contributed by atoms with Gasteiger partial charge in [0.05, 0.1) is 5.92 Å². The first-order valence-electron chi connectivity index (χ1n) is 9.76. The lowest BCUT2D eigenvalue weighted by Crippen LogP contribution is -2.30. The maximum Gasteiger partial charge on any atom is 0.253 e. The zero-order valence-corrected chi connectivity index (χ0v) is 16.7. The van der Waals surface area contributed by atoms with Crippen LogP contribution in [0.25, 0.3) is 0 Å². The number of anilines is 1. The Hall–Kier alpha value is -2.62. The third-order valence-electron chi connectivity index (χ3n) is 5.10. The van der Waals surface area contributed by atoms with Crippen LogP contribution in [0, 0.1) is 5.92 Å². The van der Waals surface area contributed by atoms with Gasteiger partial charge in [-0.05, 0) is 49.6 Å². The summed E-state index contributed by atoms with van der Waals surface area (Å²) in [6.07, 6.45) is 0.921. The molecule has 0 spiro atoms. The molecule has 4 nitrogen and oxygen atoms in total. The van der Waals surface area contributed by atoms with Crippen LogP contribution in [0.5, 0.6) is 0 Å². The standard InChI is InChI=1S/C23H30N2O2/c1-5-17(4)21(18-11-9-8-10-12-18)22(26)24-20-15-13-19(14-16-20)23(27)25(6-2)7-3/h8-17,21H,5-7H2,1-4H3,(H,24,26)/t17-,21+/m1/s1. The third kappa shape index (κ3) is 5.19. The Labute approximate surface area is 162 Å². The Balaban J connectivity index is 2.15. The summed E-state index contributed by atoms with van der Waals surface area (Å²) in [5.41, 5.74) is 2.37. The molecule has 0 radical (unpaired) electrons. The van der Waals surface area contributed by atoms with Gasteiger partial charge < -0.3 is 10.2 Å². The molecule has 2 aromatic rings. The van der Waals surface area contributed by atoms with E-state index in [2.05, 4.69) is 19.2 Å². The van der Waals surface area contributed by atoms with E-state index in [0.29, 0.717) is 24.3 Å². The SMILES string of the molecule is CC[C@@H](C)[C@H](C(=O)Nc1ccc(C(=O)N(CC)CC)cc1)c1ccccc1. The van der Waals surface area contributed by atoms with Crippen molar-refractivity contribution in [3.63, 3.8) is 0 Å². The number of benzene rings is 2. The second kappa shape index (κ2) is 9.91. The molecule has 0 saturated carbocycles. The van der Waals surface area contributed by atoms with Crippen molar-refractivity contribution in [3.05, 3.63) is 65.7 Å². The summed E-state index contributed by atoms with van der Waals surface area (Å²) in [5, 5.41) is 3.02. The first kappa shape index (κ1) is 20.7. The minimum Gasteiger partial charge on any atom is -0.339 e. The van der Waals surface area contributed by atoms with Crippen LogP contribution in [0.3, 0.4) is 0 Å². The topological polar surface area (TPSA) is 49.4 Å². The molecule has 0 aliphatic heterocycles. The number of nitrogens with zero attached hydrogens (tertiary/aromatic N) is 1. The summed E-state index contributed by atoms with van der Waals surface area (Å²) < 4.78 is 0. The van der Waals surface area contributed by atoms with Gasteiger partial charge in [-0.2, -0.15) is 0 Å². The number of carbonyl (C=O) groups excluding carboxylic acids is 2. The molecule has 0 unspecified atom stereocenters. The van der Waals surface area contributed by atoms with E-state index in [1.807, 2.05) is 44.2 Å². The van der Waals surface area contributed by atoms with Crippen molar-refractivity contribution >= 4 is 17.5 Å². The molecular formula is C23H30N2O2. The number of amides is 2. The number of hydrogen-bond acceptors (Lipinski definition) is 2. The van der Waals surface area contributed by atoms with Crippen LogP contribution in [-0.2, 0) is 4.79 Å². The van der Waals surface area contributed by atoms with Crippen LogP contribution in [0.1, 0.15) is 56.0 Å². The van der Waals surface area contributed by atoms with Crippen molar-refractivity contribution in [1.82, 2.24) is 4.90 Å². The molecule has 0 aliphatic carbocycles. The normalized spacial score (nSPS) is 12.9. The van der Waals surface area contributed by atoms with Crippen LogP contribution in [-0.4, -0.2) is 29.8 Å². The van der Waals surface area contributed by atoms with E-state index < -0.39 is 0 Å². The molecule has 2 rings (SSSR count). The summed E-state index contributed by atoms with van der Waals surface area (Å²) in [6.45, 7) is 9.50. The van der Waals surface area contributed by atoms with Gasteiger partial charge in [0.25, 0.3) is 5.91 Å². The Bertz CT molecular complexity index is 737. The van der Waals surface area contributed by atoms with Gasteiger partial charge in [-0.25, -0.2) is 0 Å². The summed E-state index contributed by atoms with van der Waals surface area (Å²) in [6, 6.07) is 17.0. The summed E-state index contributed by atoms with van der Waals surface area (Å²) in [5.74, 6) is 0.0297. The Morgan fingerprint density at radius 2 is 1.52 bits per heavy atom. The lowest BCUT2D eigenvalue weighted by molar-refractivity contribution is -0.118. The van der Waals surface area contributed by atoms with E-state index in [9.17, 15) is 9.59 Å². The van der Waals surface area contributed by atoms with Gasteiger partial charge in [0, 0.05) is 24.3 Å². The third-order valence-corrected chi connectivity index (χ3v) is 5.10. The zero-order valence-electron chi connectivity index (χ0n) is 16.7. The van der Waals surface area contributed by atoms with Crippen molar-refractivity contribution in [2.45, 2.75) is 40.0 Å². The highest BCUT2D eigenvalue weighted by Crippen LogP contribution is 2.28. The quantitative estimate of drug-likeness (QED) is 0.719.